The number of H-pyrrole nitrogens is 1. The van der Waals surface area contributed by atoms with E-state index in [0.29, 0.717) is 40.0 Å². The monoisotopic (exact) mass is 487 g/mol. The molecular weight excluding hydrogens is 465 g/mol. The number of anilines is 1. The molecule has 1 unspecified atom stereocenters. The van der Waals surface area contributed by atoms with Gasteiger partial charge < -0.3 is 19.9 Å². The van der Waals surface area contributed by atoms with Crippen LogP contribution in [-0.4, -0.2) is 46.9 Å². The quantitative estimate of drug-likeness (QED) is 0.478. The highest BCUT2D eigenvalue weighted by atomic mass is 35.5. The summed E-state index contributed by atoms with van der Waals surface area (Å²) in [6.07, 6.45) is 2.22. The molecule has 1 fully saturated rings. The zero-order valence-electron chi connectivity index (χ0n) is 18.0. The number of carbonyl (C=O) groups excluding carboxylic acids is 3. The molecule has 9 heteroatoms. The number of likely N-dealkylation sites (tertiary alicyclic amines) is 1. The Labute approximate surface area is 201 Å². The average molecular weight is 488 g/mol. The van der Waals surface area contributed by atoms with E-state index in [1.807, 2.05) is 0 Å². The summed E-state index contributed by atoms with van der Waals surface area (Å²) in [6.45, 7) is 2.49. The molecule has 2 N–H and O–H groups in total. The minimum atomic E-state index is -0.616. The lowest BCUT2D eigenvalue weighted by atomic mass is 9.99. The largest absolute Gasteiger partial charge is 0.461 e. The van der Waals surface area contributed by atoms with Crippen molar-refractivity contribution in [3.05, 3.63) is 63.8 Å². The van der Waals surface area contributed by atoms with E-state index in [1.165, 1.54) is 0 Å². The van der Waals surface area contributed by atoms with Crippen molar-refractivity contribution in [3.63, 3.8) is 0 Å². The Morgan fingerprint density at radius 1 is 1.12 bits per heavy atom. The Kier molecular flexibility index (Phi) is 6.91. The molecular formula is C24H23Cl2N3O4. The second-order valence-electron chi connectivity index (χ2n) is 7.83. The first kappa shape index (κ1) is 23.1. The molecule has 0 radical (unpaired) electrons. The summed E-state index contributed by atoms with van der Waals surface area (Å²) < 4.78 is 5.03. The van der Waals surface area contributed by atoms with E-state index < -0.39 is 12.0 Å². The Bertz CT molecular complexity index is 1220. The Hall–Kier alpha value is -3.03. The van der Waals surface area contributed by atoms with Gasteiger partial charge in [0.05, 0.1) is 17.3 Å². The first-order chi connectivity index (χ1) is 15.9. The lowest BCUT2D eigenvalue weighted by Crippen LogP contribution is -2.50. The molecule has 2 aromatic carbocycles. The maximum Gasteiger partial charge on any atom is 0.354 e. The number of amides is 2. The van der Waals surface area contributed by atoms with Crippen LogP contribution in [0.4, 0.5) is 5.69 Å². The Morgan fingerprint density at radius 3 is 2.70 bits per heavy atom. The van der Waals surface area contributed by atoms with Gasteiger partial charge in [-0.25, -0.2) is 4.79 Å². The molecule has 0 saturated carbocycles. The number of halogens is 2. The van der Waals surface area contributed by atoms with Crippen LogP contribution in [0.1, 0.15) is 47.0 Å². The van der Waals surface area contributed by atoms with Gasteiger partial charge >= 0.3 is 5.97 Å². The second kappa shape index (κ2) is 9.85. The van der Waals surface area contributed by atoms with Crippen LogP contribution in [0, 0.1) is 0 Å². The molecule has 1 aromatic heterocycles. The number of nitrogens with zero attached hydrogens (tertiary/aromatic N) is 1. The number of rotatable bonds is 5. The fourth-order valence-electron chi connectivity index (χ4n) is 4.00. The summed E-state index contributed by atoms with van der Waals surface area (Å²) in [7, 11) is 0. The van der Waals surface area contributed by atoms with Gasteiger partial charge in [-0.15, -0.1) is 0 Å². The topological polar surface area (TPSA) is 91.5 Å². The minimum Gasteiger partial charge on any atom is -0.461 e. The molecule has 3 aromatic rings. The van der Waals surface area contributed by atoms with Crippen molar-refractivity contribution in [2.75, 3.05) is 18.5 Å². The third kappa shape index (κ3) is 4.99. The highest BCUT2D eigenvalue weighted by Crippen LogP contribution is 2.28. The first-order valence-corrected chi connectivity index (χ1v) is 11.5. The number of hydrogen-bond acceptors (Lipinski definition) is 4. The molecule has 4 rings (SSSR count). The van der Waals surface area contributed by atoms with Gasteiger partial charge in [-0.2, -0.15) is 0 Å². The normalized spacial score (nSPS) is 16.0. The van der Waals surface area contributed by atoms with Gasteiger partial charge in [0.15, 0.2) is 0 Å². The van der Waals surface area contributed by atoms with Crippen molar-refractivity contribution in [3.8, 4) is 0 Å². The second-order valence-corrected chi connectivity index (χ2v) is 8.67. The number of carbonyl (C=O) groups is 3. The van der Waals surface area contributed by atoms with E-state index in [0.717, 1.165) is 23.7 Å². The molecule has 2 heterocycles. The summed E-state index contributed by atoms with van der Waals surface area (Å²) >= 11 is 12.1. The van der Waals surface area contributed by atoms with E-state index >= 15 is 0 Å². The van der Waals surface area contributed by atoms with E-state index in [4.69, 9.17) is 27.9 Å². The highest BCUT2D eigenvalue weighted by Gasteiger charge is 2.33. The van der Waals surface area contributed by atoms with Crippen LogP contribution in [0.5, 0.6) is 0 Å². The molecule has 1 atom stereocenters. The molecule has 172 valence electrons. The number of esters is 1. The lowest BCUT2D eigenvalue weighted by molar-refractivity contribution is -0.121. The smallest absolute Gasteiger partial charge is 0.354 e. The molecule has 0 spiro atoms. The van der Waals surface area contributed by atoms with Crippen molar-refractivity contribution in [2.45, 2.75) is 32.2 Å². The van der Waals surface area contributed by atoms with Gasteiger partial charge in [0.2, 0.25) is 5.91 Å². The molecule has 1 saturated heterocycles. The number of fused-ring (bicyclic) bond motifs is 1. The van der Waals surface area contributed by atoms with Crippen molar-refractivity contribution in [2.24, 2.45) is 0 Å². The van der Waals surface area contributed by atoms with Crippen LogP contribution in [0.25, 0.3) is 10.9 Å². The summed E-state index contributed by atoms with van der Waals surface area (Å²) in [5.74, 6) is -0.979. The van der Waals surface area contributed by atoms with Crippen LogP contribution < -0.4 is 5.32 Å². The number of aromatic amines is 1. The molecule has 0 bridgehead atoms. The predicted molar refractivity (Wildman–Crippen MR) is 128 cm³/mol. The number of hydrogen-bond donors (Lipinski definition) is 2. The van der Waals surface area contributed by atoms with Gasteiger partial charge in [-0.1, -0.05) is 23.2 Å². The van der Waals surface area contributed by atoms with Gasteiger partial charge in [0, 0.05) is 28.0 Å². The third-order valence-electron chi connectivity index (χ3n) is 5.62. The van der Waals surface area contributed by atoms with E-state index in [-0.39, 0.29) is 18.4 Å². The summed E-state index contributed by atoms with van der Waals surface area (Å²) in [6, 6.07) is 11.0. The van der Waals surface area contributed by atoms with Crippen molar-refractivity contribution in [1.82, 2.24) is 9.88 Å². The zero-order valence-corrected chi connectivity index (χ0v) is 19.5. The van der Waals surface area contributed by atoms with Crippen LogP contribution >= 0.6 is 23.2 Å². The highest BCUT2D eigenvalue weighted by molar-refractivity contribution is 6.36. The standard InChI is InChI=1S/C24H23Cl2N3O4/c1-2-33-24(32)20-12-15-11-14(6-8-18(15)27-20)23(31)29-10-4-3-5-21(29)22(30)28-19-9-7-16(25)13-17(19)26/h6-9,11-13,21,27H,2-5,10H2,1H3,(H,28,30). The van der Waals surface area contributed by atoms with Crippen molar-refractivity contribution >= 4 is 57.6 Å². The van der Waals surface area contributed by atoms with E-state index in [9.17, 15) is 14.4 Å². The fourth-order valence-corrected chi connectivity index (χ4v) is 4.46. The SMILES string of the molecule is CCOC(=O)c1cc2cc(C(=O)N3CCCCC3C(=O)Nc3ccc(Cl)cc3Cl)ccc2[nH]1. The Morgan fingerprint density at radius 2 is 1.94 bits per heavy atom. The van der Waals surface area contributed by atoms with Gasteiger partial charge in [0.25, 0.3) is 5.91 Å². The number of aromatic nitrogens is 1. The van der Waals surface area contributed by atoms with Crippen LogP contribution in [0.15, 0.2) is 42.5 Å². The van der Waals surface area contributed by atoms with Crippen molar-refractivity contribution in [1.29, 1.82) is 0 Å². The molecule has 7 nitrogen and oxygen atoms in total. The van der Waals surface area contributed by atoms with E-state index in [2.05, 4.69) is 10.3 Å². The van der Waals surface area contributed by atoms with Crippen LogP contribution in [-0.2, 0) is 9.53 Å². The Balaban J connectivity index is 1.55. The minimum absolute atomic E-state index is 0.238. The summed E-state index contributed by atoms with van der Waals surface area (Å²) in [5, 5.41) is 4.34. The fraction of sp³-hybridized carbons (Fsp3) is 0.292. The van der Waals surface area contributed by atoms with E-state index in [1.54, 1.807) is 54.3 Å². The number of piperidine rings is 1. The van der Waals surface area contributed by atoms with Crippen LogP contribution in [0.3, 0.4) is 0 Å². The summed E-state index contributed by atoms with van der Waals surface area (Å²) in [4.78, 5) is 43.0. The van der Waals surface area contributed by atoms with Gasteiger partial charge in [-0.05, 0) is 68.7 Å². The third-order valence-corrected chi connectivity index (χ3v) is 6.17. The number of benzene rings is 2. The lowest BCUT2D eigenvalue weighted by Gasteiger charge is -2.34. The number of ether oxygens (including phenoxy) is 1. The predicted octanol–water partition coefficient (Wildman–Crippen LogP) is 5.28. The molecule has 2 amide bonds. The first-order valence-electron chi connectivity index (χ1n) is 10.7. The zero-order chi connectivity index (χ0) is 23.5. The number of nitrogens with one attached hydrogen (secondary N) is 2. The van der Waals surface area contributed by atoms with Crippen LogP contribution in [0.2, 0.25) is 10.0 Å². The maximum atomic E-state index is 13.4. The molecule has 0 aliphatic carbocycles. The average Bonchev–Trinajstić information content (AvgIpc) is 3.24. The molecule has 33 heavy (non-hydrogen) atoms. The molecule has 1 aliphatic rings. The summed E-state index contributed by atoms with van der Waals surface area (Å²) in [5.41, 5.74) is 1.94. The van der Waals surface area contributed by atoms with Gasteiger partial charge in [0.1, 0.15) is 11.7 Å². The van der Waals surface area contributed by atoms with Gasteiger partial charge in [-0.3, -0.25) is 9.59 Å². The van der Waals surface area contributed by atoms with Crippen molar-refractivity contribution < 1.29 is 19.1 Å². The molecule has 1 aliphatic heterocycles. The maximum absolute atomic E-state index is 13.4.